The summed E-state index contributed by atoms with van der Waals surface area (Å²) in [7, 11) is 1.59. The van der Waals surface area contributed by atoms with Gasteiger partial charge in [-0.1, -0.05) is 13.0 Å². The molecule has 2 aliphatic heterocycles. The van der Waals surface area contributed by atoms with Crippen molar-refractivity contribution in [3.8, 4) is 5.75 Å². The van der Waals surface area contributed by atoms with Crippen molar-refractivity contribution in [1.29, 1.82) is 0 Å². The van der Waals surface area contributed by atoms with E-state index in [0.29, 0.717) is 37.5 Å². The fourth-order valence-corrected chi connectivity index (χ4v) is 3.65. The van der Waals surface area contributed by atoms with Gasteiger partial charge in [-0.15, -0.1) is 0 Å². The number of hydrogen-bond donors (Lipinski definition) is 0. The summed E-state index contributed by atoms with van der Waals surface area (Å²) in [5.74, 6) is 1.07. The van der Waals surface area contributed by atoms with Gasteiger partial charge in [0.1, 0.15) is 5.75 Å². The second-order valence-corrected chi connectivity index (χ2v) is 6.73. The summed E-state index contributed by atoms with van der Waals surface area (Å²) in [6.45, 7) is 7.45. The zero-order valence-electron chi connectivity index (χ0n) is 15.1. The molecule has 6 heteroatoms. The summed E-state index contributed by atoms with van der Waals surface area (Å²) in [5, 5.41) is 0. The zero-order valence-corrected chi connectivity index (χ0v) is 15.1. The molecular weight excluding hydrogens is 318 g/mol. The fraction of sp³-hybridized carbons (Fsp3) is 0.579. The van der Waals surface area contributed by atoms with Crippen LogP contribution in [-0.4, -0.2) is 79.4 Å². The molecule has 1 aromatic rings. The van der Waals surface area contributed by atoms with Crippen LogP contribution in [0, 0.1) is 5.92 Å². The highest BCUT2D eigenvalue weighted by Gasteiger charge is 2.33. The van der Waals surface area contributed by atoms with Crippen molar-refractivity contribution in [2.45, 2.75) is 13.3 Å². The summed E-state index contributed by atoms with van der Waals surface area (Å²) < 4.78 is 5.19. The molecule has 0 saturated carbocycles. The highest BCUT2D eigenvalue weighted by Crippen LogP contribution is 2.20. The number of carbonyl (C=O) groups excluding carboxylic acids is 2. The molecule has 0 aliphatic carbocycles. The van der Waals surface area contributed by atoms with E-state index in [1.807, 2.05) is 21.9 Å². The maximum Gasteiger partial charge on any atom is 0.254 e. The molecule has 0 aromatic heterocycles. The van der Waals surface area contributed by atoms with E-state index in [1.54, 1.807) is 19.2 Å². The quantitative estimate of drug-likeness (QED) is 0.826. The van der Waals surface area contributed by atoms with Crippen LogP contribution < -0.4 is 4.74 Å². The number of carbonyl (C=O) groups is 2. The Balaban J connectivity index is 1.54. The van der Waals surface area contributed by atoms with Gasteiger partial charge in [0.05, 0.1) is 13.0 Å². The average molecular weight is 345 g/mol. The van der Waals surface area contributed by atoms with E-state index < -0.39 is 0 Å². The summed E-state index contributed by atoms with van der Waals surface area (Å²) in [6, 6.07) is 7.22. The molecule has 2 heterocycles. The molecule has 136 valence electrons. The number of piperazine rings is 1. The van der Waals surface area contributed by atoms with E-state index in [4.69, 9.17) is 4.74 Å². The van der Waals surface area contributed by atoms with Gasteiger partial charge in [-0.25, -0.2) is 0 Å². The van der Waals surface area contributed by atoms with Gasteiger partial charge in [0, 0.05) is 38.3 Å². The summed E-state index contributed by atoms with van der Waals surface area (Å²) in [6.07, 6.45) is 0.954. The number of hydrogen-bond acceptors (Lipinski definition) is 4. The van der Waals surface area contributed by atoms with Gasteiger partial charge < -0.3 is 19.4 Å². The van der Waals surface area contributed by atoms with Gasteiger partial charge in [0.15, 0.2) is 0 Å². The third-order valence-electron chi connectivity index (χ3n) is 5.26. The van der Waals surface area contributed by atoms with Crippen LogP contribution in [0.3, 0.4) is 0 Å². The lowest BCUT2D eigenvalue weighted by molar-refractivity contribution is -0.136. The summed E-state index contributed by atoms with van der Waals surface area (Å²) in [4.78, 5) is 31.4. The van der Waals surface area contributed by atoms with Crippen LogP contribution in [0.1, 0.15) is 23.7 Å². The molecule has 3 rings (SSSR count). The number of methoxy groups -OCH3 is 1. The molecule has 0 radical (unpaired) electrons. The minimum Gasteiger partial charge on any atom is -0.497 e. The predicted octanol–water partition coefficient (Wildman–Crippen LogP) is 1.32. The molecule has 0 N–H and O–H groups in total. The maximum absolute atomic E-state index is 12.7. The van der Waals surface area contributed by atoms with Crippen molar-refractivity contribution in [1.82, 2.24) is 14.7 Å². The Labute approximate surface area is 149 Å². The van der Waals surface area contributed by atoms with Gasteiger partial charge in [0.25, 0.3) is 5.91 Å². The van der Waals surface area contributed by atoms with Gasteiger partial charge in [0.2, 0.25) is 5.91 Å². The number of ether oxygens (including phenoxy) is 1. The fourth-order valence-electron chi connectivity index (χ4n) is 3.65. The van der Waals surface area contributed by atoms with Crippen LogP contribution in [0.5, 0.6) is 5.75 Å². The monoisotopic (exact) mass is 345 g/mol. The Morgan fingerprint density at radius 2 is 1.84 bits per heavy atom. The van der Waals surface area contributed by atoms with Crippen molar-refractivity contribution < 1.29 is 14.3 Å². The Hall–Kier alpha value is -2.08. The van der Waals surface area contributed by atoms with Gasteiger partial charge in [-0.3, -0.25) is 9.59 Å². The summed E-state index contributed by atoms with van der Waals surface area (Å²) in [5.41, 5.74) is 0.633. The Morgan fingerprint density at radius 3 is 2.48 bits per heavy atom. The molecule has 0 unspecified atom stereocenters. The third kappa shape index (κ3) is 3.95. The highest BCUT2D eigenvalue weighted by atomic mass is 16.5. The molecule has 2 aliphatic rings. The van der Waals surface area contributed by atoms with Gasteiger partial charge in [-0.2, -0.15) is 0 Å². The van der Waals surface area contributed by atoms with Crippen LogP contribution in [0.4, 0.5) is 0 Å². The molecule has 2 saturated heterocycles. The lowest BCUT2D eigenvalue weighted by Crippen LogP contribution is -2.52. The molecule has 1 atom stereocenters. The number of likely N-dealkylation sites (tertiary alicyclic amines) is 1. The minimum atomic E-state index is 0.00373. The SMILES string of the molecule is CCN1CC[C@@H](C(=O)N2CCN(C(=O)c3cccc(OC)c3)CC2)C1. The van der Waals surface area contributed by atoms with Crippen molar-refractivity contribution in [3.63, 3.8) is 0 Å². The molecule has 2 fully saturated rings. The normalized spacial score (nSPS) is 21.4. The van der Waals surface area contributed by atoms with E-state index in [-0.39, 0.29) is 17.7 Å². The second-order valence-electron chi connectivity index (χ2n) is 6.73. The first-order chi connectivity index (χ1) is 12.1. The van der Waals surface area contributed by atoms with Crippen molar-refractivity contribution in [2.24, 2.45) is 5.92 Å². The first-order valence-corrected chi connectivity index (χ1v) is 9.07. The lowest BCUT2D eigenvalue weighted by atomic mass is 10.1. The maximum atomic E-state index is 12.7. The first kappa shape index (κ1) is 17.7. The molecular formula is C19H27N3O3. The minimum absolute atomic E-state index is 0.00373. The molecule has 6 nitrogen and oxygen atoms in total. The number of rotatable bonds is 4. The topological polar surface area (TPSA) is 53.1 Å². The van der Waals surface area contributed by atoms with E-state index in [9.17, 15) is 9.59 Å². The highest BCUT2D eigenvalue weighted by molar-refractivity contribution is 5.94. The molecule has 0 bridgehead atoms. The standard InChI is InChI=1S/C19H27N3O3/c1-3-20-8-7-16(14-20)19(24)22-11-9-21(10-12-22)18(23)15-5-4-6-17(13-15)25-2/h4-6,13,16H,3,7-12,14H2,1-2H3/t16-/m1/s1. The van der Waals surface area contributed by atoms with Gasteiger partial charge >= 0.3 is 0 Å². The predicted molar refractivity (Wildman–Crippen MR) is 95.7 cm³/mol. The second kappa shape index (κ2) is 7.87. The van der Waals surface area contributed by atoms with E-state index in [0.717, 1.165) is 26.1 Å². The van der Waals surface area contributed by atoms with Crippen molar-refractivity contribution >= 4 is 11.8 Å². The number of benzene rings is 1. The van der Waals surface area contributed by atoms with E-state index in [2.05, 4.69) is 11.8 Å². The molecule has 1 aromatic carbocycles. The smallest absolute Gasteiger partial charge is 0.254 e. The van der Waals surface area contributed by atoms with Crippen LogP contribution >= 0.6 is 0 Å². The van der Waals surface area contributed by atoms with Crippen LogP contribution in [0.25, 0.3) is 0 Å². The van der Waals surface area contributed by atoms with Gasteiger partial charge in [-0.05, 0) is 37.7 Å². The molecule has 2 amide bonds. The number of amides is 2. The first-order valence-electron chi connectivity index (χ1n) is 9.07. The Bertz CT molecular complexity index is 626. The summed E-state index contributed by atoms with van der Waals surface area (Å²) >= 11 is 0. The van der Waals surface area contributed by atoms with Crippen molar-refractivity contribution in [2.75, 3.05) is 52.9 Å². The average Bonchev–Trinajstić information content (AvgIpc) is 3.16. The Kier molecular flexibility index (Phi) is 5.58. The van der Waals surface area contributed by atoms with E-state index >= 15 is 0 Å². The number of nitrogens with zero attached hydrogens (tertiary/aromatic N) is 3. The molecule has 0 spiro atoms. The van der Waals surface area contributed by atoms with Crippen LogP contribution in [0.2, 0.25) is 0 Å². The zero-order chi connectivity index (χ0) is 17.8. The Morgan fingerprint density at radius 1 is 1.12 bits per heavy atom. The van der Waals surface area contributed by atoms with Crippen molar-refractivity contribution in [3.05, 3.63) is 29.8 Å². The van der Waals surface area contributed by atoms with Crippen LogP contribution in [-0.2, 0) is 4.79 Å². The largest absolute Gasteiger partial charge is 0.497 e. The third-order valence-corrected chi connectivity index (χ3v) is 5.26. The lowest BCUT2D eigenvalue weighted by Gasteiger charge is -2.36. The van der Waals surface area contributed by atoms with Crippen LogP contribution in [0.15, 0.2) is 24.3 Å². The van der Waals surface area contributed by atoms with E-state index in [1.165, 1.54) is 0 Å². The molecule has 25 heavy (non-hydrogen) atoms.